The molecule has 0 amide bonds. The maximum Gasteiger partial charge on any atom is 0.416 e. The molecule has 2 aromatic heterocycles. The van der Waals surface area contributed by atoms with Crippen molar-refractivity contribution >= 4 is 0 Å². The highest BCUT2D eigenvalue weighted by molar-refractivity contribution is 5.31. The van der Waals surface area contributed by atoms with Crippen molar-refractivity contribution in [1.82, 2.24) is 15.0 Å². The summed E-state index contributed by atoms with van der Waals surface area (Å²) in [7, 11) is 0. The summed E-state index contributed by atoms with van der Waals surface area (Å²) in [5.41, 5.74) is -0.559. The number of aryl methyl sites for hydroxylation is 1. The average molecular weight is 269 g/mol. The van der Waals surface area contributed by atoms with E-state index in [0.717, 1.165) is 24.0 Å². The molecule has 19 heavy (non-hydrogen) atoms. The van der Waals surface area contributed by atoms with Gasteiger partial charge in [-0.3, -0.25) is 4.98 Å². The Balaban J connectivity index is 2.44. The second-order valence-corrected chi connectivity index (χ2v) is 3.98. The van der Waals surface area contributed by atoms with Crippen molar-refractivity contribution in [3.8, 4) is 0 Å². The number of hydrogen-bond acceptors (Lipinski definition) is 4. The molecule has 1 atom stereocenters. The second-order valence-electron chi connectivity index (χ2n) is 3.98. The molecule has 0 saturated carbocycles. The SMILES string of the molecule is Cc1cnc(C(O)c2cnccc2C(F)(F)F)nc1. The van der Waals surface area contributed by atoms with Crippen molar-refractivity contribution < 1.29 is 18.3 Å². The minimum Gasteiger partial charge on any atom is -0.380 e. The van der Waals surface area contributed by atoms with Crippen LogP contribution in [0.15, 0.2) is 30.9 Å². The van der Waals surface area contributed by atoms with E-state index in [-0.39, 0.29) is 11.4 Å². The second kappa shape index (κ2) is 4.93. The number of halogens is 3. The zero-order chi connectivity index (χ0) is 14.0. The number of rotatable bonds is 2. The van der Waals surface area contributed by atoms with Crippen LogP contribution in [0.5, 0.6) is 0 Å². The fraction of sp³-hybridized carbons (Fsp3) is 0.250. The third-order valence-corrected chi connectivity index (χ3v) is 2.50. The van der Waals surface area contributed by atoms with Crippen LogP contribution < -0.4 is 0 Å². The van der Waals surface area contributed by atoms with E-state index >= 15 is 0 Å². The number of pyridine rings is 1. The molecule has 0 saturated heterocycles. The smallest absolute Gasteiger partial charge is 0.380 e. The van der Waals surface area contributed by atoms with Gasteiger partial charge in [-0.1, -0.05) is 0 Å². The lowest BCUT2D eigenvalue weighted by atomic mass is 10.0. The number of nitrogens with zero attached hydrogens (tertiary/aromatic N) is 3. The molecule has 0 aliphatic rings. The summed E-state index contributed by atoms with van der Waals surface area (Å²) < 4.78 is 38.4. The molecule has 4 nitrogen and oxygen atoms in total. The lowest BCUT2D eigenvalue weighted by Gasteiger charge is -2.15. The number of hydrogen-bond donors (Lipinski definition) is 1. The predicted molar refractivity (Wildman–Crippen MR) is 60.1 cm³/mol. The molecule has 1 N–H and O–H groups in total. The first-order chi connectivity index (χ1) is 8.89. The largest absolute Gasteiger partial charge is 0.416 e. The summed E-state index contributed by atoms with van der Waals surface area (Å²) in [4.78, 5) is 11.3. The van der Waals surface area contributed by atoms with Crippen molar-refractivity contribution in [3.05, 3.63) is 53.4 Å². The number of aliphatic hydroxyl groups excluding tert-OH is 1. The maximum atomic E-state index is 12.8. The third-order valence-electron chi connectivity index (χ3n) is 2.50. The van der Waals surface area contributed by atoms with Crippen molar-refractivity contribution in [2.75, 3.05) is 0 Å². The molecule has 0 aliphatic heterocycles. The Kier molecular flexibility index (Phi) is 3.48. The monoisotopic (exact) mass is 269 g/mol. The van der Waals surface area contributed by atoms with E-state index in [4.69, 9.17) is 0 Å². The molecule has 100 valence electrons. The summed E-state index contributed by atoms with van der Waals surface area (Å²) in [6.07, 6.45) is -1.29. The van der Waals surface area contributed by atoms with Gasteiger partial charge < -0.3 is 5.11 Å². The van der Waals surface area contributed by atoms with Gasteiger partial charge in [-0.15, -0.1) is 0 Å². The van der Waals surface area contributed by atoms with Crippen LogP contribution in [0.2, 0.25) is 0 Å². The van der Waals surface area contributed by atoms with E-state index < -0.39 is 17.8 Å². The quantitative estimate of drug-likeness (QED) is 0.908. The van der Waals surface area contributed by atoms with Crippen LogP contribution in [0, 0.1) is 6.92 Å². The van der Waals surface area contributed by atoms with E-state index in [9.17, 15) is 18.3 Å². The Morgan fingerprint density at radius 2 is 1.79 bits per heavy atom. The van der Waals surface area contributed by atoms with E-state index in [1.54, 1.807) is 6.92 Å². The van der Waals surface area contributed by atoms with Gasteiger partial charge in [0.2, 0.25) is 0 Å². The normalized spacial score (nSPS) is 13.3. The van der Waals surface area contributed by atoms with Crippen molar-refractivity contribution in [3.63, 3.8) is 0 Å². The fourth-order valence-corrected chi connectivity index (χ4v) is 1.57. The maximum absolute atomic E-state index is 12.8. The molecule has 0 spiro atoms. The molecule has 0 radical (unpaired) electrons. The minimum atomic E-state index is -4.57. The molecule has 0 fully saturated rings. The fourth-order valence-electron chi connectivity index (χ4n) is 1.57. The lowest BCUT2D eigenvalue weighted by Crippen LogP contribution is -2.14. The van der Waals surface area contributed by atoms with Gasteiger partial charge >= 0.3 is 6.18 Å². The summed E-state index contributed by atoms with van der Waals surface area (Å²) in [6.45, 7) is 1.74. The summed E-state index contributed by atoms with van der Waals surface area (Å²) in [5.74, 6) is -0.0934. The molecule has 7 heteroatoms. The van der Waals surface area contributed by atoms with Gasteiger partial charge in [-0.2, -0.15) is 13.2 Å². The first kappa shape index (κ1) is 13.4. The zero-order valence-corrected chi connectivity index (χ0v) is 9.89. The van der Waals surface area contributed by atoms with Gasteiger partial charge in [0.05, 0.1) is 5.56 Å². The molecule has 2 aromatic rings. The topological polar surface area (TPSA) is 58.9 Å². The number of aromatic nitrogens is 3. The predicted octanol–water partition coefficient (Wildman–Crippen LogP) is 2.28. The Hall–Kier alpha value is -2.02. The van der Waals surface area contributed by atoms with Crippen molar-refractivity contribution in [2.45, 2.75) is 19.2 Å². The van der Waals surface area contributed by atoms with Gasteiger partial charge in [0, 0.05) is 30.4 Å². The standard InChI is InChI=1S/C12H10F3N3O/c1-7-4-17-11(18-5-7)10(19)8-6-16-3-2-9(8)12(13,14)15/h2-6,10,19H,1H3. The molecule has 1 unspecified atom stereocenters. The van der Waals surface area contributed by atoms with Crippen LogP contribution in [0.4, 0.5) is 13.2 Å². The van der Waals surface area contributed by atoms with Crippen LogP contribution in [-0.2, 0) is 6.18 Å². The van der Waals surface area contributed by atoms with Gasteiger partial charge in [-0.25, -0.2) is 9.97 Å². The molecule has 0 bridgehead atoms. The lowest BCUT2D eigenvalue weighted by molar-refractivity contribution is -0.139. The minimum absolute atomic E-state index is 0.0934. The van der Waals surface area contributed by atoms with Crippen LogP contribution in [0.3, 0.4) is 0 Å². The highest BCUT2D eigenvalue weighted by atomic mass is 19.4. The highest BCUT2D eigenvalue weighted by Gasteiger charge is 2.35. The average Bonchev–Trinajstić information content (AvgIpc) is 2.38. The Bertz CT molecular complexity index is 569. The molecule has 2 heterocycles. The van der Waals surface area contributed by atoms with Crippen LogP contribution in [0.1, 0.15) is 28.6 Å². The molecule has 0 aromatic carbocycles. The van der Waals surface area contributed by atoms with Crippen molar-refractivity contribution in [2.24, 2.45) is 0 Å². The Labute approximate surface area is 107 Å². The van der Waals surface area contributed by atoms with Crippen LogP contribution >= 0.6 is 0 Å². The van der Waals surface area contributed by atoms with E-state index in [0.29, 0.717) is 0 Å². The zero-order valence-electron chi connectivity index (χ0n) is 9.89. The number of alkyl halides is 3. The first-order valence-corrected chi connectivity index (χ1v) is 5.37. The molecular weight excluding hydrogens is 259 g/mol. The molecule has 2 rings (SSSR count). The first-order valence-electron chi connectivity index (χ1n) is 5.37. The van der Waals surface area contributed by atoms with E-state index in [1.807, 2.05) is 0 Å². The van der Waals surface area contributed by atoms with Gasteiger partial charge in [0.15, 0.2) is 5.82 Å². The van der Waals surface area contributed by atoms with E-state index in [1.165, 1.54) is 12.4 Å². The van der Waals surface area contributed by atoms with Crippen LogP contribution in [0.25, 0.3) is 0 Å². The Morgan fingerprint density at radius 3 is 2.37 bits per heavy atom. The number of aliphatic hydroxyl groups is 1. The molecule has 0 aliphatic carbocycles. The molecular formula is C12H10F3N3O. The summed E-state index contributed by atoms with van der Waals surface area (Å²) >= 11 is 0. The van der Waals surface area contributed by atoms with Crippen molar-refractivity contribution in [1.29, 1.82) is 0 Å². The summed E-state index contributed by atoms with van der Waals surface area (Å²) in [6, 6.07) is 0.812. The third kappa shape index (κ3) is 2.87. The highest BCUT2D eigenvalue weighted by Crippen LogP contribution is 2.35. The van der Waals surface area contributed by atoms with E-state index in [2.05, 4.69) is 15.0 Å². The van der Waals surface area contributed by atoms with Gasteiger partial charge in [0.1, 0.15) is 6.10 Å². The van der Waals surface area contributed by atoms with Crippen LogP contribution in [-0.4, -0.2) is 20.1 Å². The summed E-state index contributed by atoms with van der Waals surface area (Å²) in [5, 5.41) is 9.96. The Morgan fingerprint density at radius 1 is 1.16 bits per heavy atom. The van der Waals surface area contributed by atoms with Gasteiger partial charge in [0.25, 0.3) is 0 Å². The van der Waals surface area contributed by atoms with Gasteiger partial charge in [-0.05, 0) is 18.6 Å².